The molecule has 41 heavy (non-hydrogen) atoms. The second kappa shape index (κ2) is 10.9. The highest BCUT2D eigenvalue weighted by atomic mass is 32.2. The van der Waals surface area contributed by atoms with Crippen LogP contribution in [0.4, 0.5) is 36.4 Å². The van der Waals surface area contributed by atoms with Gasteiger partial charge in [-0.1, -0.05) is 12.1 Å². The third kappa shape index (κ3) is 5.92. The number of carbonyl (C=O) groups excluding carboxylic acids is 2. The number of hydrogen-bond donors (Lipinski definition) is 2. The molecule has 224 valence electrons. The van der Waals surface area contributed by atoms with Gasteiger partial charge in [-0.25, -0.2) is 12.8 Å². The van der Waals surface area contributed by atoms with Crippen LogP contribution in [0, 0.1) is 11.7 Å². The summed E-state index contributed by atoms with van der Waals surface area (Å²) >= 11 is 0. The predicted octanol–water partition coefficient (Wildman–Crippen LogP) is 4.52. The second-order valence-electron chi connectivity index (χ2n) is 10.2. The number of hydrogen-bond acceptors (Lipinski definition) is 5. The monoisotopic (exact) mass is 610 g/mol. The number of halogens is 7. The van der Waals surface area contributed by atoms with Gasteiger partial charge in [-0.2, -0.15) is 26.3 Å². The molecule has 0 saturated carbocycles. The molecule has 7 nitrogen and oxygen atoms in total. The van der Waals surface area contributed by atoms with Crippen LogP contribution in [-0.2, 0) is 31.6 Å². The van der Waals surface area contributed by atoms with E-state index in [4.69, 9.17) is 0 Å². The van der Waals surface area contributed by atoms with E-state index in [9.17, 15) is 53.8 Å². The predicted molar refractivity (Wildman–Crippen MR) is 131 cm³/mol. The maximum absolute atomic E-state index is 13.7. The molecule has 0 bridgehead atoms. The summed E-state index contributed by atoms with van der Waals surface area (Å²) in [5, 5.41) is 12.5. The van der Waals surface area contributed by atoms with E-state index in [1.54, 1.807) is 0 Å². The molecule has 0 spiro atoms. The van der Waals surface area contributed by atoms with Crippen LogP contribution in [0.2, 0.25) is 0 Å². The highest BCUT2D eigenvalue weighted by molar-refractivity contribution is 7.92. The quantitative estimate of drug-likeness (QED) is 0.449. The molecule has 1 amide bonds. The molecule has 0 radical (unpaired) electrons. The fourth-order valence-electron chi connectivity index (χ4n) is 5.28. The lowest BCUT2D eigenvalue weighted by Crippen LogP contribution is -2.54. The van der Waals surface area contributed by atoms with Crippen LogP contribution in [0.25, 0.3) is 0 Å². The van der Waals surface area contributed by atoms with Gasteiger partial charge < -0.3 is 10.4 Å². The number of Topliss-reactive ketones (excluding diaryl/α,β-unsaturated/α-hetero) is 1. The first kappa shape index (κ1) is 30.8. The molecule has 2 atom stereocenters. The molecule has 2 aliphatic rings. The van der Waals surface area contributed by atoms with Crippen molar-refractivity contribution in [3.63, 3.8) is 0 Å². The van der Waals surface area contributed by atoms with Gasteiger partial charge >= 0.3 is 12.4 Å². The summed E-state index contributed by atoms with van der Waals surface area (Å²) in [5.41, 5.74) is -7.26. The molecule has 4 rings (SSSR count). The van der Waals surface area contributed by atoms with Crippen LogP contribution < -0.4 is 9.62 Å². The number of ketones is 1. The van der Waals surface area contributed by atoms with Crippen molar-refractivity contribution in [2.45, 2.75) is 67.4 Å². The van der Waals surface area contributed by atoms with E-state index < -0.39 is 50.3 Å². The molecule has 0 aliphatic carbocycles. The van der Waals surface area contributed by atoms with Crippen molar-refractivity contribution in [1.82, 2.24) is 5.32 Å². The van der Waals surface area contributed by atoms with Crippen LogP contribution >= 0.6 is 0 Å². The Bertz CT molecular complexity index is 1410. The Hall–Kier alpha value is -3.20. The van der Waals surface area contributed by atoms with Gasteiger partial charge in [0.2, 0.25) is 5.91 Å². The molecule has 2 aromatic carbocycles. The fourth-order valence-corrected chi connectivity index (χ4v) is 6.99. The summed E-state index contributed by atoms with van der Waals surface area (Å²) in [5.74, 6) is -1.62. The van der Waals surface area contributed by atoms with Crippen molar-refractivity contribution in [3.05, 3.63) is 59.4 Å². The van der Waals surface area contributed by atoms with Gasteiger partial charge in [-0.15, -0.1) is 0 Å². The van der Waals surface area contributed by atoms with E-state index in [0.29, 0.717) is 25.1 Å². The third-order valence-electron chi connectivity index (χ3n) is 7.33. The van der Waals surface area contributed by atoms with Gasteiger partial charge in [0.25, 0.3) is 15.6 Å². The van der Waals surface area contributed by atoms with Crippen molar-refractivity contribution in [1.29, 1.82) is 0 Å². The van der Waals surface area contributed by atoms with Crippen molar-refractivity contribution in [2.24, 2.45) is 5.92 Å². The Kier molecular flexibility index (Phi) is 8.17. The van der Waals surface area contributed by atoms with Crippen LogP contribution in [0.1, 0.15) is 43.2 Å². The number of nitrogens with zero attached hydrogens (tertiary/aromatic N) is 1. The SMILES string of the molecule is O=C(CC1CCNC(=O)C1)C[C@@H]1CCc2cc(C(O)(C(F)(F)F)C(F)(F)F)ccc2N1S(=O)(=O)c1ccc(F)cc1. The maximum Gasteiger partial charge on any atom is 0.430 e. The van der Waals surface area contributed by atoms with Crippen LogP contribution in [0.15, 0.2) is 47.4 Å². The van der Waals surface area contributed by atoms with E-state index in [1.807, 2.05) is 0 Å². The fraction of sp³-hybridized carbons (Fsp3) is 0.462. The maximum atomic E-state index is 13.7. The smallest absolute Gasteiger partial charge is 0.369 e. The topological polar surface area (TPSA) is 104 Å². The van der Waals surface area contributed by atoms with E-state index in [1.165, 1.54) is 0 Å². The van der Waals surface area contributed by atoms with Gasteiger partial charge in [0.05, 0.1) is 16.6 Å². The molecule has 1 unspecified atom stereocenters. The largest absolute Gasteiger partial charge is 0.430 e. The minimum absolute atomic E-state index is 0.0235. The van der Waals surface area contributed by atoms with Gasteiger partial charge in [-0.05, 0) is 61.1 Å². The number of benzene rings is 2. The summed E-state index contributed by atoms with van der Waals surface area (Å²) in [6.45, 7) is 0.378. The number of amides is 1. The Morgan fingerprint density at radius 1 is 0.976 bits per heavy atom. The zero-order valence-electron chi connectivity index (χ0n) is 21.2. The molecule has 2 aromatic rings. The molecule has 2 N–H and O–H groups in total. The van der Waals surface area contributed by atoms with Crippen molar-refractivity contribution in [3.8, 4) is 0 Å². The first-order valence-corrected chi connectivity index (χ1v) is 14.0. The van der Waals surface area contributed by atoms with E-state index >= 15 is 0 Å². The lowest BCUT2D eigenvalue weighted by atomic mass is 9.86. The standard InChI is InChI=1S/C26H25F7N2O5S/c27-18-3-6-21(7-4-18)41(39,40)35-19(14-20(36)11-15-9-10-34-23(37)12-15)5-1-16-13-17(2-8-22(16)35)24(38,25(28,29)30)26(31,32)33/h2-4,6-8,13,15,19,38H,1,5,9-12,14H2,(H,34,37)/t15?,19-/m0/s1. The molecule has 15 heteroatoms. The number of alkyl halides is 6. The van der Waals surface area contributed by atoms with Crippen molar-refractivity contribution < 1.29 is 53.8 Å². The number of aryl methyl sites for hydroxylation is 1. The Morgan fingerprint density at radius 3 is 2.20 bits per heavy atom. The minimum atomic E-state index is -6.14. The van der Waals surface area contributed by atoms with Gasteiger partial charge in [0.1, 0.15) is 11.6 Å². The highest BCUT2D eigenvalue weighted by Crippen LogP contribution is 2.51. The number of fused-ring (bicyclic) bond motifs is 1. The number of nitrogens with one attached hydrogen (secondary N) is 1. The molecular weight excluding hydrogens is 585 g/mol. The zero-order valence-corrected chi connectivity index (χ0v) is 22.0. The Labute approximate surface area is 230 Å². The summed E-state index contributed by atoms with van der Waals surface area (Å²) in [4.78, 5) is 24.2. The Morgan fingerprint density at radius 2 is 1.61 bits per heavy atom. The molecule has 2 aliphatic heterocycles. The highest BCUT2D eigenvalue weighted by Gasteiger charge is 2.71. The van der Waals surface area contributed by atoms with E-state index in [0.717, 1.165) is 34.6 Å². The molecule has 0 aromatic heterocycles. The lowest BCUT2D eigenvalue weighted by molar-refractivity contribution is -0.376. The van der Waals surface area contributed by atoms with E-state index in [2.05, 4.69) is 5.32 Å². The number of rotatable bonds is 7. The Balaban J connectivity index is 1.75. The summed E-state index contributed by atoms with van der Waals surface area (Å²) in [7, 11) is -4.59. The average Bonchev–Trinajstić information content (AvgIpc) is 2.86. The van der Waals surface area contributed by atoms with Crippen molar-refractivity contribution in [2.75, 3.05) is 10.8 Å². The first-order chi connectivity index (χ1) is 18.9. The number of anilines is 1. The summed E-state index contributed by atoms with van der Waals surface area (Å²) < 4.78 is 123. The third-order valence-corrected chi connectivity index (χ3v) is 9.21. The van der Waals surface area contributed by atoms with Gasteiger partial charge in [0, 0.05) is 31.4 Å². The van der Waals surface area contributed by atoms with Crippen LogP contribution in [0.5, 0.6) is 0 Å². The number of carbonyl (C=O) groups is 2. The first-order valence-electron chi connectivity index (χ1n) is 12.5. The summed E-state index contributed by atoms with van der Waals surface area (Å²) in [6.07, 6.45) is -12.3. The van der Waals surface area contributed by atoms with Gasteiger partial charge in [-0.3, -0.25) is 13.9 Å². The van der Waals surface area contributed by atoms with E-state index in [-0.39, 0.29) is 61.0 Å². The number of aliphatic hydroxyl groups is 1. The van der Waals surface area contributed by atoms with Crippen molar-refractivity contribution >= 4 is 27.4 Å². The number of piperidine rings is 1. The van der Waals surface area contributed by atoms with Crippen LogP contribution in [-0.4, -0.2) is 50.2 Å². The second-order valence-corrected chi connectivity index (χ2v) is 12.0. The van der Waals surface area contributed by atoms with Crippen LogP contribution in [0.3, 0.4) is 0 Å². The average molecular weight is 611 g/mol. The molecule has 1 saturated heterocycles. The zero-order chi connectivity index (χ0) is 30.4. The molecular formula is C26H25F7N2O5S. The summed E-state index contributed by atoms with van der Waals surface area (Å²) in [6, 6.07) is 4.08. The number of sulfonamides is 1. The normalized spacial score (nSPS) is 20.4. The van der Waals surface area contributed by atoms with Gasteiger partial charge in [0.15, 0.2) is 0 Å². The minimum Gasteiger partial charge on any atom is -0.369 e. The molecule has 1 fully saturated rings. The lowest BCUT2D eigenvalue weighted by Gasteiger charge is -2.39. The molecule has 2 heterocycles.